The molecule has 7 nitrogen and oxygen atoms in total. The molecule has 98 valence electrons. The molecule has 1 aromatic carbocycles. The van der Waals surface area contributed by atoms with Crippen molar-refractivity contribution in [2.45, 2.75) is 0 Å². The molecule has 0 unspecified atom stereocenters. The third-order valence-corrected chi connectivity index (χ3v) is 2.46. The third kappa shape index (κ3) is 2.89. The van der Waals surface area contributed by atoms with Crippen LogP contribution in [0.5, 0.6) is 17.4 Å². The summed E-state index contributed by atoms with van der Waals surface area (Å²) >= 11 is 5.85. The average Bonchev–Trinajstić information content (AvgIpc) is 2.41. The van der Waals surface area contributed by atoms with Crippen LogP contribution in [0.1, 0.15) is 0 Å². The van der Waals surface area contributed by atoms with E-state index in [4.69, 9.17) is 21.1 Å². The molecule has 0 aliphatic rings. The van der Waals surface area contributed by atoms with E-state index in [0.29, 0.717) is 0 Å². The number of non-ortho nitro benzene ring substituents is 1. The second kappa shape index (κ2) is 5.49. The van der Waals surface area contributed by atoms with E-state index in [1.165, 1.54) is 37.8 Å². The lowest BCUT2D eigenvalue weighted by Crippen LogP contribution is -1.95. The van der Waals surface area contributed by atoms with E-state index in [0.717, 1.165) is 0 Å². The van der Waals surface area contributed by atoms with Crippen molar-refractivity contribution in [2.24, 2.45) is 0 Å². The maximum atomic E-state index is 10.7. The predicted molar refractivity (Wildman–Crippen MR) is 66.8 cm³/mol. The van der Waals surface area contributed by atoms with E-state index in [-0.39, 0.29) is 28.1 Å². The summed E-state index contributed by atoms with van der Waals surface area (Å²) in [5, 5.41) is 10.9. The van der Waals surface area contributed by atoms with Crippen molar-refractivity contribution in [2.75, 3.05) is 7.11 Å². The molecule has 0 saturated heterocycles. The van der Waals surface area contributed by atoms with E-state index in [2.05, 4.69) is 9.97 Å². The van der Waals surface area contributed by atoms with Gasteiger partial charge in [-0.2, -0.15) is 0 Å². The lowest BCUT2D eigenvalue weighted by atomic mass is 10.3. The third-order valence-electron chi connectivity index (χ3n) is 2.20. The minimum absolute atomic E-state index is 0.0991. The molecule has 0 fully saturated rings. The van der Waals surface area contributed by atoms with Crippen molar-refractivity contribution in [3.05, 3.63) is 45.9 Å². The summed E-state index contributed by atoms with van der Waals surface area (Å²) in [6.07, 6.45) is 2.65. The Hall–Kier alpha value is -2.41. The number of nitro groups is 1. The molecule has 0 bridgehead atoms. The zero-order chi connectivity index (χ0) is 13.8. The Morgan fingerprint density at radius 3 is 2.79 bits per heavy atom. The van der Waals surface area contributed by atoms with Crippen LogP contribution in [0.25, 0.3) is 0 Å². The van der Waals surface area contributed by atoms with Crippen molar-refractivity contribution in [1.29, 1.82) is 0 Å². The fourth-order valence-electron chi connectivity index (χ4n) is 1.33. The number of ether oxygens (including phenoxy) is 2. The molecule has 0 radical (unpaired) electrons. The largest absolute Gasteiger partial charge is 0.493 e. The molecule has 0 saturated carbocycles. The van der Waals surface area contributed by atoms with Gasteiger partial charge >= 0.3 is 0 Å². The molecule has 0 amide bonds. The minimum atomic E-state index is -0.524. The second-order valence-corrected chi connectivity index (χ2v) is 3.78. The molecule has 0 aliphatic heterocycles. The summed E-state index contributed by atoms with van der Waals surface area (Å²) in [6.45, 7) is 0. The highest BCUT2D eigenvalue weighted by atomic mass is 35.5. The van der Waals surface area contributed by atoms with Gasteiger partial charge in [0.05, 0.1) is 24.3 Å². The van der Waals surface area contributed by atoms with Gasteiger partial charge in [-0.05, 0) is 6.07 Å². The number of methoxy groups -OCH3 is 1. The Labute approximate surface area is 112 Å². The first-order valence-electron chi connectivity index (χ1n) is 5.07. The molecule has 8 heteroatoms. The fraction of sp³-hybridized carbons (Fsp3) is 0.0909. The van der Waals surface area contributed by atoms with Gasteiger partial charge in [-0.1, -0.05) is 11.6 Å². The van der Waals surface area contributed by atoms with Crippen molar-refractivity contribution >= 4 is 17.3 Å². The maximum absolute atomic E-state index is 10.7. The normalized spacial score (nSPS) is 10.0. The van der Waals surface area contributed by atoms with Gasteiger partial charge in [-0.25, -0.2) is 9.97 Å². The Bertz CT molecular complexity index is 621. The van der Waals surface area contributed by atoms with Crippen LogP contribution in [0, 0.1) is 10.1 Å². The molecular formula is C11H8ClN3O4. The molecule has 0 atom stereocenters. The topological polar surface area (TPSA) is 87.4 Å². The van der Waals surface area contributed by atoms with Crippen molar-refractivity contribution in [3.8, 4) is 17.4 Å². The Morgan fingerprint density at radius 1 is 1.37 bits per heavy atom. The molecule has 1 aromatic heterocycles. The molecule has 0 spiro atoms. The summed E-state index contributed by atoms with van der Waals surface area (Å²) in [6, 6.07) is 3.97. The van der Waals surface area contributed by atoms with Gasteiger partial charge in [-0.3, -0.25) is 10.1 Å². The van der Waals surface area contributed by atoms with Gasteiger partial charge in [0.1, 0.15) is 11.3 Å². The number of nitro benzene ring substituents is 1. The first-order chi connectivity index (χ1) is 9.11. The standard InChI is InChI=1S/C11H8ClN3O4/c1-18-10-4-7(15(16)17)2-3-9(10)19-11-8(12)5-13-6-14-11/h2-6H,1H3. The maximum Gasteiger partial charge on any atom is 0.273 e. The zero-order valence-electron chi connectivity index (χ0n) is 9.74. The highest BCUT2D eigenvalue weighted by molar-refractivity contribution is 6.31. The zero-order valence-corrected chi connectivity index (χ0v) is 10.5. The van der Waals surface area contributed by atoms with Crippen molar-refractivity contribution in [3.63, 3.8) is 0 Å². The van der Waals surface area contributed by atoms with Crippen LogP contribution in [0.2, 0.25) is 5.02 Å². The number of aromatic nitrogens is 2. The van der Waals surface area contributed by atoms with Crippen LogP contribution in [0.3, 0.4) is 0 Å². The van der Waals surface area contributed by atoms with Crippen LogP contribution in [0.15, 0.2) is 30.7 Å². The summed E-state index contributed by atoms with van der Waals surface area (Å²) in [5.74, 6) is 0.626. The van der Waals surface area contributed by atoms with E-state index >= 15 is 0 Å². The lowest BCUT2D eigenvalue weighted by molar-refractivity contribution is -0.384. The monoisotopic (exact) mass is 281 g/mol. The van der Waals surface area contributed by atoms with E-state index < -0.39 is 4.92 Å². The number of halogens is 1. The molecule has 0 aliphatic carbocycles. The highest BCUT2D eigenvalue weighted by Gasteiger charge is 2.14. The lowest BCUT2D eigenvalue weighted by Gasteiger charge is -2.09. The van der Waals surface area contributed by atoms with Gasteiger partial charge in [0.15, 0.2) is 11.5 Å². The summed E-state index contributed by atoms with van der Waals surface area (Å²) in [5.41, 5.74) is -0.0991. The van der Waals surface area contributed by atoms with Crippen LogP contribution in [0.4, 0.5) is 5.69 Å². The van der Waals surface area contributed by atoms with Crippen LogP contribution < -0.4 is 9.47 Å². The van der Waals surface area contributed by atoms with Crippen LogP contribution in [-0.4, -0.2) is 22.0 Å². The van der Waals surface area contributed by atoms with Gasteiger partial charge in [-0.15, -0.1) is 0 Å². The predicted octanol–water partition coefficient (Wildman–Crippen LogP) is 2.84. The fourth-order valence-corrected chi connectivity index (χ4v) is 1.48. The first-order valence-corrected chi connectivity index (χ1v) is 5.45. The number of benzene rings is 1. The smallest absolute Gasteiger partial charge is 0.273 e. The second-order valence-electron chi connectivity index (χ2n) is 3.37. The SMILES string of the molecule is COc1cc([N+](=O)[O-])ccc1Oc1ncncc1Cl. The molecule has 19 heavy (non-hydrogen) atoms. The summed E-state index contributed by atoms with van der Waals surface area (Å²) in [7, 11) is 1.38. The Morgan fingerprint density at radius 2 is 2.16 bits per heavy atom. The number of hydrogen-bond donors (Lipinski definition) is 0. The summed E-state index contributed by atoms with van der Waals surface area (Å²) in [4.78, 5) is 17.7. The molecule has 2 aromatic rings. The minimum Gasteiger partial charge on any atom is -0.493 e. The van der Waals surface area contributed by atoms with E-state index in [1.807, 2.05) is 0 Å². The number of rotatable bonds is 4. The molecule has 1 heterocycles. The summed E-state index contributed by atoms with van der Waals surface area (Å²) < 4.78 is 10.5. The molecule has 2 rings (SSSR count). The quantitative estimate of drug-likeness (QED) is 0.632. The van der Waals surface area contributed by atoms with Gasteiger partial charge in [0, 0.05) is 6.07 Å². The molecular weight excluding hydrogens is 274 g/mol. The van der Waals surface area contributed by atoms with Gasteiger partial charge in [0.25, 0.3) is 5.69 Å². The Kier molecular flexibility index (Phi) is 3.76. The average molecular weight is 282 g/mol. The first kappa shape index (κ1) is 13.0. The van der Waals surface area contributed by atoms with Gasteiger partial charge < -0.3 is 9.47 Å². The highest BCUT2D eigenvalue weighted by Crippen LogP contribution is 2.35. The van der Waals surface area contributed by atoms with E-state index in [9.17, 15) is 10.1 Å². The Balaban J connectivity index is 2.35. The number of hydrogen-bond acceptors (Lipinski definition) is 6. The van der Waals surface area contributed by atoms with Crippen molar-refractivity contribution < 1.29 is 14.4 Å². The van der Waals surface area contributed by atoms with Crippen molar-refractivity contribution in [1.82, 2.24) is 9.97 Å². The number of nitrogens with zero attached hydrogens (tertiary/aromatic N) is 3. The van der Waals surface area contributed by atoms with Crippen LogP contribution >= 0.6 is 11.6 Å². The van der Waals surface area contributed by atoms with Crippen LogP contribution in [-0.2, 0) is 0 Å². The van der Waals surface area contributed by atoms with E-state index in [1.54, 1.807) is 0 Å². The molecule has 0 N–H and O–H groups in total. The van der Waals surface area contributed by atoms with Gasteiger partial charge in [0.2, 0.25) is 5.88 Å².